The summed E-state index contributed by atoms with van der Waals surface area (Å²) in [5.41, 5.74) is 1.83. The Labute approximate surface area is 77.5 Å². The predicted molar refractivity (Wildman–Crippen MR) is 49.1 cm³/mol. The number of thioether (sulfide) groups is 1. The van der Waals surface area contributed by atoms with Crippen molar-refractivity contribution in [2.75, 3.05) is 5.01 Å². The fourth-order valence-corrected chi connectivity index (χ4v) is 1.92. The quantitative estimate of drug-likeness (QED) is 0.674. The maximum absolute atomic E-state index is 4.13. The standard InChI is InChI=1S/C5H5N7S/c1-6-4(10-7-1)12-5-11(2-8-12)9-3-13-5/h1-3,5H,(H,6,7,10). The Bertz CT molecular complexity index is 357. The Morgan fingerprint density at radius 2 is 2.46 bits per heavy atom. The molecule has 0 spiro atoms. The number of aromatic nitrogens is 3. The van der Waals surface area contributed by atoms with Crippen LogP contribution in [0.5, 0.6) is 0 Å². The van der Waals surface area contributed by atoms with Gasteiger partial charge in [0.1, 0.15) is 12.7 Å². The molecule has 66 valence electrons. The van der Waals surface area contributed by atoms with Crippen LogP contribution in [0.2, 0.25) is 0 Å². The molecular weight excluding hydrogens is 190 g/mol. The SMILES string of the molecule is C1=NN2C=NN(c3ncn[nH]3)C2S1. The number of fused-ring (bicyclic) bond motifs is 1. The minimum absolute atomic E-state index is 0.0490. The fourth-order valence-electron chi connectivity index (χ4n) is 1.15. The highest BCUT2D eigenvalue weighted by Crippen LogP contribution is 2.29. The van der Waals surface area contributed by atoms with Crippen LogP contribution in [0.3, 0.4) is 0 Å². The molecule has 0 radical (unpaired) electrons. The Morgan fingerprint density at radius 3 is 3.31 bits per heavy atom. The number of nitrogens with zero attached hydrogens (tertiary/aromatic N) is 6. The molecule has 0 fully saturated rings. The smallest absolute Gasteiger partial charge is 0.244 e. The molecule has 1 unspecified atom stereocenters. The highest BCUT2D eigenvalue weighted by molar-refractivity contribution is 8.12. The number of hydrogen-bond donors (Lipinski definition) is 1. The van der Waals surface area contributed by atoms with E-state index in [1.54, 1.807) is 33.7 Å². The van der Waals surface area contributed by atoms with Crippen LogP contribution in [0.15, 0.2) is 16.5 Å². The summed E-state index contributed by atoms with van der Waals surface area (Å²) in [6.07, 6.45) is 3.11. The lowest BCUT2D eigenvalue weighted by Crippen LogP contribution is -2.31. The lowest BCUT2D eigenvalue weighted by molar-refractivity contribution is 0.461. The summed E-state index contributed by atoms with van der Waals surface area (Å²) in [5.74, 6) is 0.627. The van der Waals surface area contributed by atoms with Crippen molar-refractivity contribution >= 4 is 29.6 Å². The van der Waals surface area contributed by atoms with Gasteiger partial charge in [-0.25, -0.2) is 10.1 Å². The van der Waals surface area contributed by atoms with E-state index in [4.69, 9.17) is 0 Å². The minimum atomic E-state index is 0.0490. The van der Waals surface area contributed by atoms with Crippen LogP contribution in [0, 0.1) is 0 Å². The van der Waals surface area contributed by atoms with Crippen LogP contribution in [0.4, 0.5) is 5.95 Å². The molecule has 3 heterocycles. The molecule has 0 saturated heterocycles. The molecule has 13 heavy (non-hydrogen) atoms. The van der Waals surface area contributed by atoms with Gasteiger partial charge < -0.3 is 0 Å². The first-order valence-electron chi connectivity index (χ1n) is 3.60. The number of nitrogens with one attached hydrogen (secondary N) is 1. The number of anilines is 1. The first-order valence-corrected chi connectivity index (χ1v) is 4.54. The second-order valence-corrected chi connectivity index (χ2v) is 3.35. The molecule has 0 aromatic carbocycles. The third-order valence-electron chi connectivity index (χ3n) is 1.71. The van der Waals surface area contributed by atoms with Gasteiger partial charge >= 0.3 is 0 Å². The molecule has 7 nitrogen and oxygen atoms in total. The Morgan fingerprint density at radius 1 is 1.46 bits per heavy atom. The number of H-pyrrole nitrogens is 1. The molecule has 0 amide bonds. The number of aromatic amines is 1. The molecule has 8 heteroatoms. The second kappa shape index (κ2) is 2.46. The monoisotopic (exact) mass is 195 g/mol. The zero-order valence-corrected chi connectivity index (χ0v) is 7.22. The van der Waals surface area contributed by atoms with Gasteiger partial charge in [0.05, 0.1) is 5.55 Å². The molecular formula is C5H5N7S. The minimum Gasteiger partial charge on any atom is -0.244 e. The van der Waals surface area contributed by atoms with Crippen molar-refractivity contribution in [3.63, 3.8) is 0 Å². The largest absolute Gasteiger partial charge is 0.244 e. The molecule has 0 aliphatic carbocycles. The van der Waals surface area contributed by atoms with Crippen molar-refractivity contribution < 1.29 is 0 Å². The molecule has 1 aromatic rings. The molecule has 2 aliphatic rings. The van der Waals surface area contributed by atoms with Crippen molar-refractivity contribution in [3.8, 4) is 0 Å². The van der Waals surface area contributed by atoms with Crippen LogP contribution in [0.25, 0.3) is 0 Å². The van der Waals surface area contributed by atoms with Crippen molar-refractivity contribution in [3.05, 3.63) is 6.33 Å². The van der Waals surface area contributed by atoms with E-state index in [-0.39, 0.29) is 5.50 Å². The van der Waals surface area contributed by atoms with Gasteiger partial charge in [-0.05, 0) is 0 Å². The average molecular weight is 195 g/mol. The highest BCUT2D eigenvalue weighted by Gasteiger charge is 2.33. The van der Waals surface area contributed by atoms with E-state index in [1.807, 2.05) is 0 Å². The molecule has 1 N–H and O–H groups in total. The van der Waals surface area contributed by atoms with Crippen LogP contribution < -0.4 is 5.01 Å². The van der Waals surface area contributed by atoms with E-state index in [2.05, 4.69) is 25.4 Å². The first kappa shape index (κ1) is 6.89. The van der Waals surface area contributed by atoms with E-state index in [9.17, 15) is 0 Å². The summed E-state index contributed by atoms with van der Waals surface area (Å²) in [6.45, 7) is 0. The van der Waals surface area contributed by atoms with Gasteiger partial charge in [-0.3, -0.25) is 0 Å². The molecule has 0 bridgehead atoms. The van der Waals surface area contributed by atoms with Gasteiger partial charge in [0.25, 0.3) is 0 Å². The third-order valence-corrected chi connectivity index (χ3v) is 2.59. The summed E-state index contributed by atoms with van der Waals surface area (Å²) >= 11 is 1.57. The van der Waals surface area contributed by atoms with Crippen LogP contribution >= 0.6 is 11.8 Å². The highest BCUT2D eigenvalue weighted by atomic mass is 32.2. The van der Waals surface area contributed by atoms with Gasteiger partial charge in [-0.2, -0.15) is 25.3 Å². The van der Waals surface area contributed by atoms with Gasteiger partial charge in [-0.1, -0.05) is 11.8 Å². The van der Waals surface area contributed by atoms with E-state index >= 15 is 0 Å². The normalized spacial score (nSPS) is 24.5. The summed E-state index contributed by atoms with van der Waals surface area (Å²) in [6, 6.07) is 0. The van der Waals surface area contributed by atoms with Crippen molar-refractivity contribution in [2.45, 2.75) is 5.50 Å². The topological polar surface area (TPSA) is 72.8 Å². The predicted octanol–water partition coefficient (Wildman–Crippen LogP) is -0.156. The molecule has 1 aromatic heterocycles. The van der Waals surface area contributed by atoms with Crippen molar-refractivity contribution in [1.82, 2.24) is 20.2 Å². The van der Waals surface area contributed by atoms with Gasteiger partial charge in [-0.15, -0.1) is 0 Å². The third kappa shape index (κ3) is 0.917. The zero-order chi connectivity index (χ0) is 8.67. The lowest BCUT2D eigenvalue weighted by Gasteiger charge is -2.18. The second-order valence-electron chi connectivity index (χ2n) is 2.45. The average Bonchev–Trinajstić information content (AvgIpc) is 2.79. The molecule has 2 aliphatic heterocycles. The molecule has 1 atom stereocenters. The maximum Gasteiger partial charge on any atom is 0.244 e. The van der Waals surface area contributed by atoms with Crippen molar-refractivity contribution in [2.24, 2.45) is 10.2 Å². The van der Waals surface area contributed by atoms with Gasteiger partial charge in [0, 0.05) is 0 Å². The fraction of sp³-hybridized carbons (Fsp3) is 0.200. The van der Waals surface area contributed by atoms with E-state index in [0.29, 0.717) is 5.95 Å². The van der Waals surface area contributed by atoms with Crippen LogP contribution in [0.1, 0.15) is 0 Å². The zero-order valence-electron chi connectivity index (χ0n) is 6.40. The Balaban J connectivity index is 1.92. The van der Waals surface area contributed by atoms with Crippen molar-refractivity contribution in [1.29, 1.82) is 0 Å². The summed E-state index contributed by atoms with van der Waals surface area (Å²) in [7, 11) is 0. The molecule has 0 saturated carbocycles. The summed E-state index contributed by atoms with van der Waals surface area (Å²) in [4.78, 5) is 4.01. The number of hydrogen-bond acceptors (Lipinski definition) is 7. The molecule has 3 rings (SSSR count). The lowest BCUT2D eigenvalue weighted by atomic mass is 10.8. The summed E-state index contributed by atoms with van der Waals surface area (Å²) in [5, 5.41) is 18.2. The number of rotatable bonds is 1. The van der Waals surface area contributed by atoms with Gasteiger partial charge in [0.2, 0.25) is 11.4 Å². The van der Waals surface area contributed by atoms with E-state index in [1.165, 1.54) is 6.33 Å². The van der Waals surface area contributed by atoms with E-state index in [0.717, 1.165) is 0 Å². The Kier molecular flexibility index (Phi) is 1.30. The van der Waals surface area contributed by atoms with Crippen LogP contribution in [-0.4, -0.2) is 37.6 Å². The Hall–Kier alpha value is -1.57. The number of hydrazone groups is 2. The van der Waals surface area contributed by atoms with Gasteiger partial charge in [0.15, 0.2) is 0 Å². The maximum atomic E-state index is 4.13. The van der Waals surface area contributed by atoms with E-state index < -0.39 is 0 Å². The first-order chi connectivity index (χ1) is 6.45. The van der Waals surface area contributed by atoms with Crippen LogP contribution in [-0.2, 0) is 0 Å². The summed E-state index contributed by atoms with van der Waals surface area (Å²) < 4.78 is 0.